The van der Waals surface area contributed by atoms with Gasteiger partial charge in [-0.25, -0.2) is 0 Å². The maximum atomic E-state index is 5.96. The summed E-state index contributed by atoms with van der Waals surface area (Å²) in [5, 5.41) is 0. The van der Waals surface area contributed by atoms with E-state index in [0.29, 0.717) is 18.6 Å². The molecule has 2 N–H and O–H groups in total. The number of ether oxygens (including phenoxy) is 1. The van der Waals surface area contributed by atoms with Gasteiger partial charge in [-0.1, -0.05) is 32.0 Å². The van der Waals surface area contributed by atoms with E-state index < -0.39 is 0 Å². The van der Waals surface area contributed by atoms with Crippen LogP contribution in [0.25, 0.3) is 0 Å². The van der Waals surface area contributed by atoms with Crippen molar-refractivity contribution in [2.45, 2.75) is 45.3 Å². The van der Waals surface area contributed by atoms with Gasteiger partial charge in [0.05, 0.1) is 6.10 Å². The molecular formula is C13H19NO. The topological polar surface area (TPSA) is 35.2 Å². The van der Waals surface area contributed by atoms with Gasteiger partial charge >= 0.3 is 0 Å². The maximum Gasteiger partial charge on any atom is 0.127 e. The van der Waals surface area contributed by atoms with Crippen LogP contribution in [0.15, 0.2) is 18.2 Å². The van der Waals surface area contributed by atoms with Crippen molar-refractivity contribution in [3.05, 3.63) is 29.3 Å². The van der Waals surface area contributed by atoms with Crippen molar-refractivity contribution in [1.82, 2.24) is 0 Å². The first-order valence-electron chi connectivity index (χ1n) is 5.71. The highest BCUT2D eigenvalue weighted by atomic mass is 16.5. The van der Waals surface area contributed by atoms with E-state index in [1.165, 1.54) is 18.4 Å². The summed E-state index contributed by atoms with van der Waals surface area (Å²) >= 11 is 0. The monoisotopic (exact) mass is 205 g/mol. The van der Waals surface area contributed by atoms with E-state index in [1.54, 1.807) is 0 Å². The Kier molecular flexibility index (Phi) is 2.96. The Morgan fingerprint density at radius 3 is 2.67 bits per heavy atom. The molecule has 1 aliphatic rings. The predicted molar refractivity (Wildman–Crippen MR) is 62.1 cm³/mol. The molecule has 1 aliphatic carbocycles. The molecule has 1 saturated carbocycles. The first-order valence-corrected chi connectivity index (χ1v) is 5.71. The molecule has 0 aromatic heterocycles. The molecule has 0 atom stereocenters. The van der Waals surface area contributed by atoms with Crippen LogP contribution in [-0.2, 0) is 6.54 Å². The second-order valence-corrected chi connectivity index (χ2v) is 4.51. The van der Waals surface area contributed by atoms with Crippen molar-refractivity contribution in [2.24, 2.45) is 5.73 Å². The summed E-state index contributed by atoms with van der Waals surface area (Å²) in [6.07, 6.45) is 2.82. The third-order valence-electron chi connectivity index (χ3n) is 2.78. The second-order valence-electron chi connectivity index (χ2n) is 4.51. The SMILES string of the molecule is CC(C)c1cccc(CN)c1OC1CC1. The van der Waals surface area contributed by atoms with Crippen LogP contribution in [0.3, 0.4) is 0 Å². The van der Waals surface area contributed by atoms with Gasteiger partial charge in [0, 0.05) is 12.1 Å². The average molecular weight is 205 g/mol. The lowest BCUT2D eigenvalue weighted by Crippen LogP contribution is -2.07. The zero-order chi connectivity index (χ0) is 10.8. The lowest BCUT2D eigenvalue weighted by atomic mass is 9.99. The molecule has 2 heteroatoms. The molecule has 1 fully saturated rings. The molecular weight excluding hydrogens is 186 g/mol. The molecule has 2 nitrogen and oxygen atoms in total. The van der Waals surface area contributed by atoms with Gasteiger partial charge in [0.15, 0.2) is 0 Å². The van der Waals surface area contributed by atoms with Crippen molar-refractivity contribution >= 4 is 0 Å². The van der Waals surface area contributed by atoms with E-state index in [9.17, 15) is 0 Å². The van der Waals surface area contributed by atoms with Crippen LogP contribution in [0.5, 0.6) is 5.75 Å². The van der Waals surface area contributed by atoms with E-state index in [0.717, 1.165) is 11.3 Å². The molecule has 0 bridgehead atoms. The standard InChI is InChI=1S/C13H19NO/c1-9(2)12-5-3-4-10(8-14)13(12)15-11-6-7-11/h3-5,9,11H,6-8,14H2,1-2H3. The summed E-state index contributed by atoms with van der Waals surface area (Å²) in [6.45, 7) is 4.94. The average Bonchev–Trinajstić information content (AvgIpc) is 3.01. The van der Waals surface area contributed by atoms with Gasteiger partial charge in [-0.2, -0.15) is 0 Å². The largest absolute Gasteiger partial charge is 0.490 e. The van der Waals surface area contributed by atoms with Crippen LogP contribution in [0, 0.1) is 0 Å². The number of benzene rings is 1. The van der Waals surface area contributed by atoms with Crippen LogP contribution < -0.4 is 10.5 Å². The van der Waals surface area contributed by atoms with Crippen molar-refractivity contribution in [2.75, 3.05) is 0 Å². The Labute approximate surface area is 91.4 Å². The van der Waals surface area contributed by atoms with Crippen molar-refractivity contribution in [1.29, 1.82) is 0 Å². The third kappa shape index (κ3) is 2.32. The fraction of sp³-hybridized carbons (Fsp3) is 0.538. The Hall–Kier alpha value is -1.02. The first kappa shape index (κ1) is 10.5. The molecule has 1 aromatic rings. The van der Waals surface area contributed by atoms with E-state index in [4.69, 9.17) is 10.5 Å². The minimum absolute atomic E-state index is 0.440. The molecule has 0 spiro atoms. The normalized spacial score (nSPS) is 15.7. The molecule has 15 heavy (non-hydrogen) atoms. The lowest BCUT2D eigenvalue weighted by Gasteiger charge is -2.17. The Balaban J connectivity index is 2.34. The molecule has 0 heterocycles. The van der Waals surface area contributed by atoms with E-state index >= 15 is 0 Å². The van der Waals surface area contributed by atoms with Crippen LogP contribution in [0.1, 0.15) is 43.7 Å². The molecule has 82 valence electrons. The van der Waals surface area contributed by atoms with Gasteiger partial charge < -0.3 is 10.5 Å². The number of nitrogens with two attached hydrogens (primary N) is 1. The van der Waals surface area contributed by atoms with Crippen molar-refractivity contribution in [3.8, 4) is 5.75 Å². The van der Waals surface area contributed by atoms with Gasteiger partial charge in [0.1, 0.15) is 5.75 Å². The fourth-order valence-corrected chi connectivity index (χ4v) is 1.72. The van der Waals surface area contributed by atoms with Crippen LogP contribution in [-0.4, -0.2) is 6.10 Å². The van der Waals surface area contributed by atoms with Gasteiger partial charge in [0.2, 0.25) is 0 Å². The molecule has 2 rings (SSSR count). The van der Waals surface area contributed by atoms with Gasteiger partial charge in [0.25, 0.3) is 0 Å². The van der Waals surface area contributed by atoms with Gasteiger partial charge in [-0.05, 0) is 24.3 Å². The quantitative estimate of drug-likeness (QED) is 0.820. The van der Waals surface area contributed by atoms with Crippen LogP contribution in [0.2, 0.25) is 0 Å². The number of rotatable bonds is 4. The Morgan fingerprint density at radius 1 is 1.40 bits per heavy atom. The van der Waals surface area contributed by atoms with Crippen LogP contribution >= 0.6 is 0 Å². The minimum atomic E-state index is 0.440. The lowest BCUT2D eigenvalue weighted by molar-refractivity contribution is 0.295. The molecule has 0 unspecified atom stereocenters. The van der Waals surface area contributed by atoms with E-state index in [-0.39, 0.29) is 0 Å². The third-order valence-corrected chi connectivity index (χ3v) is 2.78. The minimum Gasteiger partial charge on any atom is -0.490 e. The summed E-state index contributed by atoms with van der Waals surface area (Å²) in [7, 11) is 0. The summed E-state index contributed by atoms with van der Waals surface area (Å²) in [5.41, 5.74) is 8.15. The Morgan fingerprint density at radius 2 is 2.13 bits per heavy atom. The summed E-state index contributed by atoms with van der Waals surface area (Å²) < 4.78 is 5.96. The molecule has 1 aromatic carbocycles. The molecule has 0 amide bonds. The van der Waals surface area contributed by atoms with E-state index in [1.807, 2.05) is 0 Å². The molecule has 0 radical (unpaired) electrons. The van der Waals surface area contributed by atoms with Crippen molar-refractivity contribution < 1.29 is 4.74 Å². The summed E-state index contributed by atoms with van der Waals surface area (Å²) in [6, 6.07) is 6.27. The highest BCUT2D eigenvalue weighted by Crippen LogP contribution is 2.35. The van der Waals surface area contributed by atoms with Gasteiger partial charge in [-0.3, -0.25) is 0 Å². The Bertz CT molecular complexity index is 342. The zero-order valence-electron chi connectivity index (χ0n) is 9.49. The number of hydrogen-bond donors (Lipinski definition) is 1. The first-order chi connectivity index (χ1) is 7.22. The summed E-state index contributed by atoms with van der Waals surface area (Å²) in [4.78, 5) is 0. The highest BCUT2D eigenvalue weighted by molar-refractivity contribution is 5.43. The fourth-order valence-electron chi connectivity index (χ4n) is 1.72. The number of para-hydroxylation sites is 1. The number of hydrogen-bond acceptors (Lipinski definition) is 2. The second kappa shape index (κ2) is 4.23. The predicted octanol–water partition coefficient (Wildman–Crippen LogP) is 2.81. The highest BCUT2D eigenvalue weighted by Gasteiger charge is 2.26. The molecule has 0 saturated heterocycles. The van der Waals surface area contributed by atoms with Gasteiger partial charge in [-0.15, -0.1) is 0 Å². The zero-order valence-corrected chi connectivity index (χ0v) is 9.49. The van der Waals surface area contributed by atoms with Crippen LogP contribution in [0.4, 0.5) is 0 Å². The maximum absolute atomic E-state index is 5.96. The molecule has 0 aliphatic heterocycles. The smallest absolute Gasteiger partial charge is 0.127 e. The van der Waals surface area contributed by atoms with E-state index in [2.05, 4.69) is 32.0 Å². The summed E-state index contributed by atoms with van der Waals surface area (Å²) in [5.74, 6) is 1.53. The van der Waals surface area contributed by atoms with Crippen molar-refractivity contribution in [3.63, 3.8) is 0 Å².